The first-order valence-corrected chi connectivity index (χ1v) is 9.62. The van der Waals surface area contributed by atoms with E-state index in [1.807, 2.05) is 55.6 Å². The van der Waals surface area contributed by atoms with Crippen molar-refractivity contribution in [3.8, 4) is 0 Å². The van der Waals surface area contributed by atoms with Crippen LogP contribution in [0.5, 0.6) is 0 Å². The Bertz CT molecular complexity index is 712. The molecule has 1 aromatic carbocycles. The predicted octanol–water partition coefficient (Wildman–Crippen LogP) is 2.85. The Kier molecular flexibility index (Phi) is 8.72. The first-order valence-electron chi connectivity index (χ1n) is 9.62. The summed E-state index contributed by atoms with van der Waals surface area (Å²) in [5.41, 5.74) is 1.89. The Balaban J connectivity index is 2.14. The van der Waals surface area contributed by atoms with E-state index < -0.39 is 0 Å². The summed E-state index contributed by atoms with van der Waals surface area (Å²) in [7, 11) is 1.82. The number of β-amino-alcohol motifs (C(OH)–C–C–N with tert-alkyl or cyclic N) is 1. The van der Waals surface area contributed by atoms with Crippen LogP contribution in [0.1, 0.15) is 6.42 Å². The van der Waals surface area contributed by atoms with Crippen molar-refractivity contribution in [3.05, 3.63) is 79.4 Å². The molecule has 1 fully saturated rings. The molecule has 0 spiro atoms. The predicted molar refractivity (Wildman–Crippen MR) is 116 cm³/mol. The molecule has 0 saturated carbocycles. The smallest absolute Gasteiger partial charge is 0.242 e. The van der Waals surface area contributed by atoms with Crippen molar-refractivity contribution >= 4 is 11.6 Å². The van der Waals surface area contributed by atoms with Gasteiger partial charge in [0.25, 0.3) is 0 Å². The van der Waals surface area contributed by atoms with Gasteiger partial charge in [-0.3, -0.25) is 9.69 Å². The highest BCUT2D eigenvalue weighted by atomic mass is 16.3. The molecule has 0 radical (unpaired) electrons. The number of likely N-dealkylation sites (tertiary alicyclic amines) is 1. The molecular formula is C23H31N3O2. The number of rotatable bonds is 10. The molecule has 1 amide bonds. The lowest BCUT2D eigenvalue weighted by Gasteiger charge is -2.33. The zero-order valence-electron chi connectivity index (χ0n) is 16.6. The standard InChI is InChI=1S/C23H31N3O2/c1-4-6-11-19(10-5-2)22(18-26-15-14-21(27)17-26)25(3)23(28)16-24-20-12-8-7-9-13-20/h4-13,21-22,24,27H,1-2,14-18H2,3H3/b11-6-,19-10+/t21-,22+/m0/s1. The van der Waals surface area contributed by atoms with E-state index in [0.29, 0.717) is 13.1 Å². The maximum atomic E-state index is 12.9. The third-order valence-corrected chi connectivity index (χ3v) is 4.88. The van der Waals surface area contributed by atoms with Gasteiger partial charge in [0.05, 0.1) is 18.7 Å². The first kappa shape index (κ1) is 21.7. The molecule has 0 aromatic heterocycles. The fourth-order valence-electron chi connectivity index (χ4n) is 3.30. The van der Waals surface area contributed by atoms with Crippen LogP contribution in [-0.4, -0.2) is 66.2 Å². The van der Waals surface area contributed by atoms with Gasteiger partial charge < -0.3 is 15.3 Å². The maximum Gasteiger partial charge on any atom is 0.242 e. The van der Waals surface area contributed by atoms with Crippen LogP contribution in [0.4, 0.5) is 5.69 Å². The van der Waals surface area contributed by atoms with E-state index >= 15 is 0 Å². The van der Waals surface area contributed by atoms with Gasteiger partial charge in [0.15, 0.2) is 0 Å². The van der Waals surface area contributed by atoms with Gasteiger partial charge in [0, 0.05) is 32.4 Å². The van der Waals surface area contributed by atoms with Crippen LogP contribution in [0.3, 0.4) is 0 Å². The Morgan fingerprint density at radius 2 is 2.11 bits per heavy atom. The van der Waals surface area contributed by atoms with E-state index in [1.54, 1.807) is 17.1 Å². The highest BCUT2D eigenvalue weighted by Gasteiger charge is 2.28. The first-order chi connectivity index (χ1) is 13.5. The number of anilines is 1. The van der Waals surface area contributed by atoms with E-state index in [-0.39, 0.29) is 24.6 Å². The number of amides is 1. The third kappa shape index (κ3) is 6.51. The molecule has 0 bridgehead atoms. The van der Waals surface area contributed by atoms with E-state index in [1.165, 1.54) is 0 Å². The number of likely N-dealkylation sites (N-methyl/N-ethyl adjacent to an activating group) is 1. The summed E-state index contributed by atoms with van der Waals surface area (Å²) in [6.07, 6.45) is 9.66. The van der Waals surface area contributed by atoms with E-state index in [0.717, 1.165) is 24.2 Å². The second-order valence-electron chi connectivity index (χ2n) is 6.94. The second-order valence-corrected chi connectivity index (χ2v) is 6.94. The average molecular weight is 382 g/mol. The van der Waals surface area contributed by atoms with Gasteiger partial charge in [0.2, 0.25) is 5.91 Å². The van der Waals surface area contributed by atoms with Crippen molar-refractivity contribution in [1.29, 1.82) is 0 Å². The molecule has 5 nitrogen and oxygen atoms in total. The molecular weight excluding hydrogens is 350 g/mol. The maximum absolute atomic E-state index is 12.9. The quantitative estimate of drug-likeness (QED) is 0.612. The highest BCUT2D eigenvalue weighted by Crippen LogP contribution is 2.18. The number of allylic oxidation sites excluding steroid dienone is 4. The summed E-state index contributed by atoms with van der Waals surface area (Å²) in [5, 5.41) is 13.0. The third-order valence-electron chi connectivity index (χ3n) is 4.88. The van der Waals surface area contributed by atoms with Crippen LogP contribution < -0.4 is 5.32 Å². The number of benzene rings is 1. The number of hydrogen-bond acceptors (Lipinski definition) is 4. The number of aliphatic hydroxyl groups is 1. The van der Waals surface area contributed by atoms with E-state index in [9.17, 15) is 9.90 Å². The number of para-hydroxylation sites is 1. The van der Waals surface area contributed by atoms with Gasteiger partial charge in [-0.1, -0.05) is 61.7 Å². The molecule has 1 aromatic rings. The number of nitrogens with zero attached hydrogens (tertiary/aromatic N) is 2. The van der Waals surface area contributed by atoms with Crippen LogP contribution in [0.15, 0.2) is 79.4 Å². The molecule has 1 aliphatic rings. The molecule has 0 unspecified atom stereocenters. The van der Waals surface area contributed by atoms with Gasteiger partial charge in [0.1, 0.15) is 0 Å². The minimum absolute atomic E-state index is 0.00411. The van der Waals surface area contributed by atoms with Crippen molar-refractivity contribution in [2.24, 2.45) is 0 Å². The summed E-state index contributed by atoms with van der Waals surface area (Å²) >= 11 is 0. The van der Waals surface area contributed by atoms with Crippen molar-refractivity contribution in [2.75, 3.05) is 38.5 Å². The molecule has 28 heavy (non-hydrogen) atoms. The number of carbonyl (C=O) groups is 1. The van der Waals surface area contributed by atoms with Crippen LogP contribution in [0, 0.1) is 0 Å². The zero-order chi connectivity index (χ0) is 20.4. The average Bonchev–Trinajstić information content (AvgIpc) is 3.12. The summed E-state index contributed by atoms with van der Waals surface area (Å²) < 4.78 is 0. The lowest BCUT2D eigenvalue weighted by atomic mass is 10.0. The van der Waals surface area contributed by atoms with E-state index in [4.69, 9.17) is 0 Å². The molecule has 2 rings (SSSR count). The SMILES string of the molecule is C=C/C=C\C(=C/C=C)[C@@H](CN1CC[C@H](O)C1)N(C)C(=O)CNc1ccccc1. The minimum Gasteiger partial charge on any atom is -0.392 e. The van der Waals surface area contributed by atoms with Crippen LogP contribution in [-0.2, 0) is 4.79 Å². The van der Waals surface area contributed by atoms with Crippen LogP contribution in [0.2, 0.25) is 0 Å². The fraction of sp³-hybridized carbons (Fsp3) is 0.348. The normalized spacial score (nSPS) is 18.8. The zero-order valence-corrected chi connectivity index (χ0v) is 16.6. The largest absolute Gasteiger partial charge is 0.392 e. The molecule has 2 atom stereocenters. The number of aliphatic hydroxyl groups excluding tert-OH is 1. The Hall–Kier alpha value is -2.63. The van der Waals surface area contributed by atoms with Gasteiger partial charge >= 0.3 is 0 Å². The van der Waals surface area contributed by atoms with Crippen LogP contribution in [0.25, 0.3) is 0 Å². The molecule has 1 heterocycles. The number of hydrogen-bond donors (Lipinski definition) is 2. The second kappa shape index (κ2) is 11.3. The Morgan fingerprint density at radius 1 is 1.36 bits per heavy atom. The molecule has 2 N–H and O–H groups in total. The monoisotopic (exact) mass is 381 g/mol. The molecule has 150 valence electrons. The van der Waals surface area contributed by atoms with E-state index in [2.05, 4.69) is 23.4 Å². The van der Waals surface area contributed by atoms with Crippen LogP contribution >= 0.6 is 0 Å². The topological polar surface area (TPSA) is 55.8 Å². The fourth-order valence-corrected chi connectivity index (χ4v) is 3.30. The van der Waals surface area contributed by atoms with Gasteiger partial charge in [-0.25, -0.2) is 0 Å². The number of carbonyl (C=O) groups excluding carboxylic acids is 1. The summed E-state index contributed by atoms with van der Waals surface area (Å²) in [4.78, 5) is 16.8. The Labute approximate surface area is 168 Å². The highest BCUT2D eigenvalue weighted by molar-refractivity contribution is 5.81. The van der Waals surface area contributed by atoms with Gasteiger partial charge in [-0.2, -0.15) is 0 Å². The van der Waals surface area contributed by atoms with Crippen molar-refractivity contribution in [1.82, 2.24) is 9.80 Å². The van der Waals surface area contributed by atoms with Gasteiger partial charge in [-0.15, -0.1) is 0 Å². The minimum atomic E-state index is -0.294. The van der Waals surface area contributed by atoms with Crippen molar-refractivity contribution in [3.63, 3.8) is 0 Å². The molecule has 0 aliphatic carbocycles. The number of nitrogens with one attached hydrogen (secondary N) is 1. The van der Waals surface area contributed by atoms with Gasteiger partial charge in [-0.05, 0) is 24.1 Å². The Morgan fingerprint density at radius 3 is 2.71 bits per heavy atom. The lowest BCUT2D eigenvalue weighted by Crippen LogP contribution is -2.47. The lowest BCUT2D eigenvalue weighted by molar-refractivity contribution is -0.129. The molecule has 1 saturated heterocycles. The molecule has 5 heteroatoms. The van der Waals surface area contributed by atoms with Crippen molar-refractivity contribution in [2.45, 2.75) is 18.6 Å². The summed E-state index contributed by atoms with van der Waals surface area (Å²) in [6.45, 7) is 9.88. The van der Waals surface area contributed by atoms with Crippen molar-refractivity contribution < 1.29 is 9.90 Å². The summed E-state index contributed by atoms with van der Waals surface area (Å²) in [6, 6.07) is 9.53. The summed E-state index contributed by atoms with van der Waals surface area (Å²) in [5.74, 6) is -0.00411. The molecule has 1 aliphatic heterocycles.